The van der Waals surface area contributed by atoms with Gasteiger partial charge in [0.05, 0.1) is 0 Å². The van der Waals surface area contributed by atoms with E-state index in [1.54, 1.807) is 0 Å². The minimum absolute atomic E-state index is 0.159. The average Bonchev–Trinajstić information content (AvgIpc) is 2.72. The third-order valence-electron chi connectivity index (χ3n) is 5.73. The molecule has 0 spiro atoms. The fraction of sp³-hybridized carbons (Fsp3) is 0.950. The van der Waals surface area contributed by atoms with Gasteiger partial charge in [0.15, 0.2) is 0 Å². The first-order chi connectivity index (χ1) is 11.3. The number of nitrogens with one attached hydrogen (secondary N) is 1. The van der Waals surface area contributed by atoms with E-state index in [1.807, 2.05) is 25.7 Å². The summed E-state index contributed by atoms with van der Waals surface area (Å²) in [6, 6.07) is 1.22. The number of nitrogens with zero attached hydrogens (tertiary/aromatic N) is 1. The van der Waals surface area contributed by atoms with Gasteiger partial charge in [-0.1, -0.05) is 26.2 Å². The van der Waals surface area contributed by atoms with Crippen LogP contribution in [0.1, 0.15) is 86.0 Å². The van der Waals surface area contributed by atoms with Crippen molar-refractivity contribution in [2.24, 2.45) is 5.92 Å². The number of likely N-dealkylation sites (tertiary alicyclic amines) is 1. The quantitative estimate of drug-likeness (QED) is 0.757. The molecule has 1 saturated heterocycles. The van der Waals surface area contributed by atoms with Crippen LogP contribution >= 0.6 is 0 Å². The molecule has 1 aliphatic carbocycles. The van der Waals surface area contributed by atoms with E-state index in [4.69, 9.17) is 4.74 Å². The molecule has 24 heavy (non-hydrogen) atoms. The highest BCUT2D eigenvalue weighted by molar-refractivity contribution is 5.68. The highest BCUT2D eigenvalue weighted by atomic mass is 16.6. The van der Waals surface area contributed by atoms with Crippen molar-refractivity contribution in [2.75, 3.05) is 6.54 Å². The monoisotopic (exact) mass is 338 g/mol. The summed E-state index contributed by atoms with van der Waals surface area (Å²) in [6.45, 7) is 11.1. The summed E-state index contributed by atoms with van der Waals surface area (Å²) >= 11 is 0. The van der Waals surface area contributed by atoms with Crippen LogP contribution in [0.3, 0.4) is 0 Å². The molecule has 1 saturated carbocycles. The Morgan fingerprint density at radius 2 is 1.88 bits per heavy atom. The van der Waals surface area contributed by atoms with Crippen LogP contribution in [0.2, 0.25) is 0 Å². The number of hydrogen-bond donors (Lipinski definition) is 1. The lowest BCUT2D eigenvalue weighted by Gasteiger charge is -2.41. The van der Waals surface area contributed by atoms with Gasteiger partial charge in [-0.2, -0.15) is 0 Å². The topological polar surface area (TPSA) is 41.6 Å². The fourth-order valence-electron chi connectivity index (χ4n) is 4.20. The second kappa shape index (κ2) is 8.55. The van der Waals surface area contributed by atoms with Crippen LogP contribution in [0.15, 0.2) is 0 Å². The molecule has 1 N–H and O–H groups in total. The van der Waals surface area contributed by atoms with Crippen molar-refractivity contribution in [3.63, 3.8) is 0 Å². The maximum atomic E-state index is 12.5. The molecule has 0 radical (unpaired) electrons. The molecule has 1 heterocycles. The van der Waals surface area contributed by atoms with Crippen LogP contribution in [-0.4, -0.2) is 41.3 Å². The predicted octanol–water partition coefficient (Wildman–Crippen LogP) is 4.72. The Labute approximate surface area is 148 Å². The lowest BCUT2D eigenvalue weighted by molar-refractivity contribution is 0.00617. The zero-order valence-corrected chi connectivity index (χ0v) is 16.4. The van der Waals surface area contributed by atoms with Crippen molar-refractivity contribution in [3.05, 3.63) is 0 Å². The van der Waals surface area contributed by atoms with Crippen molar-refractivity contribution in [3.8, 4) is 0 Å². The number of amides is 1. The summed E-state index contributed by atoms with van der Waals surface area (Å²) in [4.78, 5) is 14.4. The molecule has 4 heteroatoms. The fourth-order valence-corrected chi connectivity index (χ4v) is 4.20. The Hall–Kier alpha value is -0.770. The van der Waals surface area contributed by atoms with Gasteiger partial charge >= 0.3 is 6.09 Å². The highest BCUT2D eigenvalue weighted by Crippen LogP contribution is 2.27. The molecule has 1 aliphatic heterocycles. The molecule has 0 aromatic rings. The largest absolute Gasteiger partial charge is 0.444 e. The molecular formula is C20H38N2O2. The molecular weight excluding hydrogens is 300 g/mol. The minimum Gasteiger partial charge on any atom is -0.444 e. The van der Waals surface area contributed by atoms with Crippen LogP contribution < -0.4 is 5.32 Å². The molecule has 2 rings (SSSR count). The second-order valence-corrected chi connectivity index (χ2v) is 8.81. The van der Waals surface area contributed by atoms with Crippen molar-refractivity contribution in [1.82, 2.24) is 10.2 Å². The molecule has 140 valence electrons. The first-order valence-electron chi connectivity index (χ1n) is 10.1. The smallest absolute Gasteiger partial charge is 0.410 e. The van der Waals surface area contributed by atoms with Gasteiger partial charge < -0.3 is 15.0 Å². The Kier molecular flexibility index (Phi) is 6.97. The summed E-state index contributed by atoms with van der Waals surface area (Å²) < 4.78 is 5.59. The molecule has 1 amide bonds. The van der Waals surface area contributed by atoms with E-state index in [0.717, 1.165) is 25.3 Å². The number of carbonyl (C=O) groups is 1. The normalized spacial score (nSPS) is 32.3. The van der Waals surface area contributed by atoms with E-state index in [-0.39, 0.29) is 12.1 Å². The lowest BCUT2D eigenvalue weighted by Crippen LogP contribution is -2.57. The number of hydrogen-bond acceptors (Lipinski definition) is 3. The molecule has 0 bridgehead atoms. The van der Waals surface area contributed by atoms with E-state index >= 15 is 0 Å². The molecule has 2 fully saturated rings. The maximum Gasteiger partial charge on any atom is 0.410 e. The van der Waals surface area contributed by atoms with E-state index in [2.05, 4.69) is 19.2 Å². The maximum absolute atomic E-state index is 12.5. The Balaban J connectivity index is 1.90. The molecule has 0 aromatic heterocycles. The SMILES string of the molecule is CCC1CCCC(NC2CCCN(C(=O)OC(C)(C)C)C2C)CC1. The third kappa shape index (κ3) is 5.65. The highest BCUT2D eigenvalue weighted by Gasteiger charge is 2.34. The average molecular weight is 339 g/mol. The van der Waals surface area contributed by atoms with Gasteiger partial charge in [0.2, 0.25) is 0 Å². The summed E-state index contributed by atoms with van der Waals surface area (Å²) in [5.74, 6) is 0.916. The van der Waals surface area contributed by atoms with Gasteiger partial charge in [-0.3, -0.25) is 0 Å². The van der Waals surface area contributed by atoms with E-state index < -0.39 is 5.60 Å². The predicted molar refractivity (Wildman–Crippen MR) is 99.2 cm³/mol. The lowest BCUT2D eigenvalue weighted by atomic mass is 9.95. The summed E-state index contributed by atoms with van der Waals surface area (Å²) in [6.07, 6.45) is 10.0. The zero-order valence-electron chi connectivity index (χ0n) is 16.4. The van der Waals surface area contributed by atoms with Gasteiger partial charge in [0.1, 0.15) is 5.60 Å². The zero-order chi connectivity index (χ0) is 17.7. The van der Waals surface area contributed by atoms with Crippen LogP contribution in [-0.2, 0) is 4.74 Å². The third-order valence-corrected chi connectivity index (χ3v) is 5.73. The first-order valence-corrected chi connectivity index (χ1v) is 10.1. The Bertz CT molecular complexity index is 405. The standard InChI is InChI=1S/C20H38N2O2/c1-6-16-9-7-10-17(13-12-16)21-18-11-8-14-22(15(18)2)19(23)24-20(3,4)5/h15-18,21H,6-14H2,1-5H3. The van der Waals surface area contributed by atoms with Gasteiger partial charge in [-0.25, -0.2) is 4.79 Å². The van der Waals surface area contributed by atoms with Crippen LogP contribution in [0.5, 0.6) is 0 Å². The number of piperidine rings is 1. The molecule has 4 unspecified atom stereocenters. The number of carbonyl (C=O) groups excluding carboxylic acids is 1. The van der Waals surface area contributed by atoms with E-state index in [0.29, 0.717) is 12.1 Å². The van der Waals surface area contributed by atoms with Crippen LogP contribution in [0.25, 0.3) is 0 Å². The number of rotatable bonds is 3. The molecule has 0 aromatic carbocycles. The van der Waals surface area contributed by atoms with Crippen molar-refractivity contribution in [2.45, 2.75) is 110 Å². The van der Waals surface area contributed by atoms with E-state index in [9.17, 15) is 4.79 Å². The van der Waals surface area contributed by atoms with Crippen molar-refractivity contribution in [1.29, 1.82) is 0 Å². The van der Waals surface area contributed by atoms with E-state index in [1.165, 1.54) is 38.5 Å². The van der Waals surface area contributed by atoms with Crippen LogP contribution in [0, 0.1) is 5.92 Å². The summed E-state index contributed by atoms with van der Waals surface area (Å²) in [7, 11) is 0. The molecule has 2 aliphatic rings. The van der Waals surface area contributed by atoms with Gasteiger partial charge in [0.25, 0.3) is 0 Å². The Morgan fingerprint density at radius 1 is 1.12 bits per heavy atom. The molecule has 4 nitrogen and oxygen atoms in total. The summed E-state index contributed by atoms with van der Waals surface area (Å²) in [5.41, 5.74) is -0.423. The second-order valence-electron chi connectivity index (χ2n) is 8.81. The van der Waals surface area contributed by atoms with Crippen molar-refractivity contribution >= 4 is 6.09 Å². The first kappa shape index (κ1) is 19.6. The Morgan fingerprint density at radius 3 is 2.54 bits per heavy atom. The summed E-state index contributed by atoms with van der Waals surface area (Å²) in [5, 5.41) is 3.89. The molecule has 4 atom stereocenters. The van der Waals surface area contributed by atoms with Crippen LogP contribution in [0.4, 0.5) is 4.79 Å². The van der Waals surface area contributed by atoms with Gasteiger partial charge in [0, 0.05) is 24.7 Å². The minimum atomic E-state index is -0.423. The van der Waals surface area contributed by atoms with Gasteiger partial charge in [-0.15, -0.1) is 0 Å². The van der Waals surface area contributed by atoms with Gasteiger partial charge in [-0.05, 0) is 65.7 Å². The van der Waals surface area contributed by atoms with Crippen molar-refractivity contribution < 1.29 is 9.53 Å². The number of ether oxygens (including phenoxy) is 1.